The molecule has 3 aromatic rings. The second-order valence-electron chi connectivity index (χ2n) is 7.42. The van der Waals surface area contributed by atoms with Crippen molar-refractivity contribution in [1.82, 2.24) is 19.9 Å². The van der Waals surface area contributed by atoms with Gasteiger partial charge in [-0.25, -0.2) is 9.97 Å². The van der Waals surface area contributed by atoms with Crippen molar-refractivity contribution in [3.05, 3.63) is 45.2 Å². The number of likely N-dealkylation sites (tertiary alicyclic amines) is 1. The van der Waals surface area contributed by atoms with Gasteiger partial charge in [0, 0.05) is 12.5 Å². The number of rotatable bonds is 3. The van der Waals surface area contributed by atoms with Crippen LogP contribution in [0.25, 0.3) is 11.0 Å². The fraction of sp³-hybridized carbons (Fsp3) is 0.450. The van der Waals surface area contributed by atoms with Gasteiger partial charge < -0.3 is 9.88 Å². The summed E-state index contributed by atoms with van der Waals surface area (Å²) in [6, 6.07) is 6.22. The molecule has 0 saturated carbocycles. The lowest BCUT2D eigenvalue weighted by Gasteiger charge is -2.22. The van der Waals surface area contributed by atoms with Gasteiger partial charge in [0.1, 0.15) is 10.7 Å². The predicted molar refractivity (Wildman–Crippen MR) is 105 cm³/mol. The summed E-state index contributed by atoms with van der Waals surface area (Å²) in [4.78, 5) is 28.7. The Morgan fingerprint density at radius 1 is 1.31 bits per heavy atom. The molecule has 1 amide bonds. The van der Waals surface area contributed by atoms with Crippen molar-refractivity contribution < 1.29 is 4.79 Å². The quantitative estimate of drug-likeness (QED) is 0.726. The molecule has 1 fully saturated rings. The van der Waals surface area contributed by atoms with Crippen LogP contribution in [-0.2, 0) is 0 Å². The summed E-state index contributed by atoms with van der Waals surface area (Å²) in [5.74, 6) is 1.32. The van der Waals surface area contributed by atoms with Gasteiger partial charge in [-0.3, -0.25) is 4.79 Å². The zero-order valence-corrected chi connectivity index (χ0v) is 16.5. The van der Waals surface area contributed by atoms with Gasteiger partial charge in [0.25, 0.3) is 5.91 Å². The molecule has 1 N–H and O–H groups in total. The number of nitrogens with one attached hydrogen (secondary N) is 1. The van der Waals surface area contributed by atoms with Crippen LogP contribution < -0.4 is 0 Å². The average Bonchev–Trinajstić information content (AvgIpc) is 3.30. The monoisotopic (exact) mass is 368 g/mol. The largest absolute Gasteiger partial charge is 0.340 e. The number of carbonyl (C=O) groups is 1. The fourth-order valence-electron chi connectivity index (χ4n) is 3.59. The van der Waals surface area contributed by atoms with E-state index in [-0.39, 0.29) is 11.9 Å². The Balaban J connectivity index is 1.66. The molecule has 5 nitrogen and oxygen atoms in total. The molecular weight excluding hydrogens is 344 g/mol. The summed E-state index contributed by atoms with van der Waals surface area (Å²) in [7, 11) is 0. The Morgan fingerprint density at radius 2 is 2.12 bits per heavy atom. The van der Waals surface area contributed by atoms with Crippen LogP contribution in [0.15, 0.2) is 18.2 Å². The maximum absolute atomic E-state index is 13.2. The number of hydrogen-bond acceptors (Lipinski definition) is 4. The third kappa shape index (κ3) is 2.92. The fourth-order valence-corrected chi connectivity index (χ4v) is 4.61. The Labute approximate surface area is 157 Å². The lowest BCUT2D eigenvalue weighted by Crippen LogP contribution is -2.31. The molecule has 0 radical (unpaired) electrons. The molecule has 2 aromatic heterocycles. The second-order valence-corrected chi connectivity index (χ2v) is 8.45. The van der Waals surface area contributed by atoms with E-state index >= 15 is 0 Å². The molecule has 136 valence electrons. The van der Waals surface area contributed by atoms with Crippen LogP contribution in [0.5, 0.6) is 0 Å². The Bertz CT molecular complexity index is 972. The lowest BCUT2D eigenvalue weighted by molar-refractivity contribution is 0.0734. The summed E-state index contributed by atoms with van der Waals surface area (Å²) < 4.78 is 0. The van der Waals surface area contributed by atoms with Gasteiger partial charge in [0.05, 0.1) is 27.8 Å². The van der Waals surface area contributed by atoms with Crippen molar-refractivity contribution in [3.63, 3.8) is 0 Å². The first-order valence-corrected chi connectivity index (χ1v) is 10.00. The number of thiazole rings is 1. The number of aromatic nitrogens is 3. The number of aromatic amines is 1. The minimum absolute atomic E-state index is 0.0132. The van der Waals surface area contributed by atoms with Crippen molar-refractivity contribution in [2.45, 2.75) is 52.5 Å². The zero-order chi connectivity index (χ0) is 18.4. The molecule has 1 aliphatic heterocycles. The third-order valence-electron chi connectivity index (χ3n) is 4.99. The van der Waals surface area contributed by atoms with E-state index in [2.05, 4.69) is 42.9 Å². The number of aryl methyl sites for hydroxylation is 2. The van der Waals surface area contributed by atoms with Crippen LogP contribution >= 0.6 is 11.3 Å². The van der Waals surface area contributed by atoms with E-state index in [0.29, 0.717) is 5.92 Å². The van der Waals surface area contributed by atoms with Gasteiger partial charge in [-0.2, -0.15) is 0 Å². The first kappa shape index (κ1) is 17.2. The van der Waals surface area contributed by atoms with Gasteiger partial charge in [-0.05, 0) is 44.4 Å². The summed E-state index contributed by atoms with van der Waals surface area (Å²) in [5, 5.41) is 1.03. The molecule has 6 heteroatoms. The number of carbonyl (C=O) groups excluding carboxylic acids is 1. The number of benzene rings is 1. The van der Waals surface area contributed by atoms with Crippen LogP contribution in [0.2, 0.25) is 0 Å². The number of nitrogens with zero attached hydrogens (tertiary/aromatic N) is 3. The second kappa shape index (κ2) is 6.50. The van der Waals surface area contributed by atoms with Gasteiger partial charge in [0.2, 0.25) is 0 Å². The summed E-state index contributed by atoms with van der Waals surface area (Å²) in [6.07, 6.45) is 1.95. The van der Waals surface area contributed by atoms with E-state index in [1.807, 2.05) is 17.9 Å². The van der Waals surface area contributed by atoms with Crippen LogP contribution in [0, 0.1) is 13.8 Å². The molecule has 1 saturated heterocycles. The highest BCUT2D eigenvalue weighted by Gasteiger charge is 2.34. The number of amides is 1. The molecule has 1 unspecified atom stereocenters. The highest BCUT2D eigenvalue weighted by Crippen LogP contribution is 2.35. The van der Waals surface area contributed by atoms with Gasteiger partial charge in [-0.15, -0.1) is 11.3 Å². The number of H-pyrrole nitrogens is 1. The molecule has 26 heavy (non-hydrogen) atoms. The summed E-state index contributed by atoms with van der Waals surface area (Å²) in [5.41, 5.74) is 4.04. The van der Waals surface area contributed by atoms with E-state index < -0.39 is 0 Å². The average molecular weight is 369 g/mol. The molecule has 0 spiro atoms. The SMILES string of the molecule is Cc1ccc2nc(C3CCCN3C(=O)c3sc(C(C)C)nc3C)[nH]c2c1. The van der Waals surface area contributed by atoms with Crippen molar-refractivity contribution in [2.75, 3.05) is 6.54 Å². The maximum Gasteiger partial charge on any atom is 0.266 e. The predicted octanol–water partition coefficient (Wildman–Crippen LogP) is 4.74. The van der Waals surface area contributed by atoms with E-state index in [9.17, 15) is 4.79 Å². The van der Waals surface area contributed by atoms with E-state index in [1.54, 1.807) is 0 Å². The zero-order valence-electron chi connectivity index (χ0n) is 15.7. The van der Waals surface area contributed by atoms with Crippen molar-refractivity contribution in [1.29, 1.82) is 0 Å². The molecule has 0 aliphatic carbocycles. The number of imidazole rings is 1. The van der Waals surface area contributed by atoms with Gasteiger partial charge >= 0.3 is 0 Å². The minimum Gasteiger partial charge on any atom is -0.340 e. The van der Waals surface area contributed by atoms with Crippen LogP contribution in [-0.4, -0.2) is 32.3 Å². The van der Waals surface area contributed by atoms with Gasteiger partial charge in [-0.1, -0.05) is 19.9 Å². The highest BCUT2D eigenvalue weighted by atomic mass is 32.1. The first-order valence-electron chi connectivity index (χ1n) is 9.18. The summed E-state index contributed by atoms with van der Waals surface area (Å²) >= 11 is 1.53. The van der Waals surface area contributed by atoms with E-state index in [4.69, 9.17) is 4.98 Å². The Hall–Kier alpha value is -2.21. The molecule has 1 aliphatic rings. The summed E-state index contributed by atoms with van der Waals surface area (Å²) in [6.45, 7) is 9.01. The van der Waals surface area contributed by atoms with Gasteiger partial charge in [0.15, 0.2) is 0 Å². The molecule has 3 heterocycles. The molecule has 0 bridgehead atoms. The van der Waals surface area contributed by atoms with E-state index in [0.717, 1.165) is 51.8 Å². The standard InChI is InChI=1S/C20H24N4OS/c1-11(2)19-21-13(4)17(26-19)20(25)24-9-5-6-16(24)18-22-14-8-7-12(3)10-15(14)23-18/h7-8,10-11,16H,5-6,9H2,1-4H3,(H,22,23). The van der Waals surface area contributed by atoms with Crippen molar-refractivity contribution >= 4 is 28.3 Å². The molecule has 4 rings (SSSR count). The Kier molecular flexibility index (Phi) is 4.31. The number of hydrogen-bond donors (Lipinski definition) is 1. The van der Waals surface area contributed by atoms with Crippen LogP contribution in [0.4, 0.5) is 0 Å². The lowest BCUT2D eigenvalue weighted by atomic mass is 10.2. The number of fused-ring (bicyclic) bond motifs is 1. The van der Waals surface area contributed by atoms with Crippen molar-refractivity contribution in [2.24, 2.45) is 0 Å². The topological polar surface area (TPSA) is 61.9 Å². The maximum atomic E-state index is 13.2. The van der Waals surface area contributed by atoms with Crippen molar-refractivity contribution in [3.8, 4) is 0 Å². The van der Waals surface area contributed by atoms with E-state index in [1.165, 1.54) is 16.9 Å². The van der Waals surface area contributed by atoms with Crippen LogP contribution in [0.3, 0.4) is 0 Å². The third-order valence-corrected chi connectivity index (χ3v) is 6.43. The smallest absolute Gasteiger partial charge is 0.266 e. The molecule has 1 atom stereocenters. The Morgan fingerprint density at radius 3 is 2.85 bits per heavy atom. The molecule has 1 aromatic carbocycles. The highest BCUT2D eigenvalue weighted by molar-refractivity contribution is 7.13. The molecular formula is C20H24N4OS. The first-order chi connectivity index (χ1) is 12.4. The minimum atomic E-state index is 0.0132. The normalized spacial score (nSPS) is 17.6. The van der Waals surface area contributed by atoms with Crippen LogP contribution in [0.1, 0.15) is 70.4 Å².